The van der Waals surface area contributed by atoms with Gasteiger partial charge in [-0.05, 0) is 20.3 Å². The number of primary amides is 1. The number of hydrogen-bond acceptors (Lipinski definition) is 3. The van der Waals surface area contributed by atoms with Crippen molar-refractivity contribution >= 4 is 17.9 Å². The average Bonchev–Trinajstić information content (AvgIpc) is 2.22. The van der Waals surface area contributed by atoms with Crippen LogP contribution in [0.25, 0.3) is 0 Å². The first-order valence-corrected chi connectivity index (χ1v) is 5.27. The number of nitrogens with two attached hydrogens (primary N) is 1. The molecule has 0 heterocycles. The Morgan fingerprint density at radius 3 is 2.24 bits per heavy atom. The van der Waals surface area contributed by atoms with Crippen LogP contribution in [0.3, 0.4) is 0 Å². The number of hydrogen-bond donors (Lipinski definition) is 4. The number of rotatable bonds is 6. The van der Waals surface area contributed by atoms with Crippen LogP contribution in [0.5, 0.6) is 0 Å². The van der Waals surface area contributed by atoms with Gasteiger partial charge in [0.05, 0.1) is 5.41 Å². The van der Waals surface area contributed by atoms with Gasteiger partial charge in [0.2, 0.25) is 5.91 Å². The third-order valence-corrected chi connectivity index (χ3v) is 2.37. The Hall–Kier alpha value is -1.79. The fourth-order valence-corrected chi connectivity index (χ4v) is 0.936. The predicted octanol–water partition coefficient (Wildman–Crippen LogP) is -0.340. The molecule has 0 rings (SSSR count). The zero-order valence-corrected chi connectivity index (χ0v) is 10.2. The van der Waals surface area contributed by atoms with E-state index in [0.717, 1.165) is 0 Å². The minimum absolute atomic E-state index is 0.0459. The van der Waals surface area contributed by atoms with Gasteiger partial charge in [0.15, 0.2) is 0 Å². The molecule has 7 nitrogen and oxygen atoms in total. The molecular formula is C10H19N3O4. The lowest BCUT2D eigenvalue weighted by molar-refractivity contribution is -0.139. The monoisotopic (exact) mass is 245 g/mol. The summed E-state index contributed by atoms with van der Waals surface area (Å²) >= 11 is 0. The molecule has 0 bridgehead atoms. The van der Waals surface area contributed by atoms with Gasteiger partial charge in [-0.15, -0.1) is 0 Å². The van der Waals surface area contributed by atoms with Crippen LogP contribution in [0.15, 0.2) is 0 Å². The molecule has 0 aromatic rings. The number of urea groups is 1. The van der Waals surface area contributed by atoms with Gasteiger partial charge < -0.3 is 21.5 Å². The molecule has 0 aromatic heterocycles. The molecule has 0 aliphatic heterocycles. The molecule has 0 aliphatic carbocycles. The molecule has 0 spiro atoms. The SMILES string of the molecule is CC[C@@H](NC(=O)NCC(C)(C)C(N)=O)C(=O)O. The number of carboxylic acid groups (broad SMARTS) is 1. The summed E-state index contributed by atoms with van der Waals surface area (Å²) in [5.74, 6) is -1.64. The van der Waals surface area contributed by atoms with Crippen molar-refractivity contribution < 1.29 is 19.5 Å². The van der Waals surface area contributed by atoms with Gasteiger partial charge in [-0.1, -0.05) is 6.92 Å². The van der Waals surface area contributed by atoms with Crippen molar-refractivity contribution in [1.29, 1.82) is 0 Å². The molecule has 0 aliphatic rings. The third-order valence-electron chi connectivity index (χ3n) is 2.37. The van der Waals surface area contributed by atoms with Crippen molar-refractivity contribution in [2.75, 3.05) is 6.54 Å². The molecule has 1 atom stereocenters. The van der Waals surface area contributed by atoms with Crippen LogP contribution in [0.1, 0.15) is 27.2 Å². The minimum Gasteiger partial charge on any atom is -0.480 e. The van der Waals surface area contributed by atoms with E-state index in [0.29, 0.717) is 0 Å². The van der Waals surface area contributed by atoms with Crippen LogP contribution < -0.4 is 16.4 Å². The highest BCUT2D eigenvalue weighted by atomic mass is 16.4. The van der Waals surface area contributed by atoms with E-state index in [4.69, 9.17) is 10.8 Å². The van der Waals surface area contributed by atoms with Crippen LogP contribution in [-0.4, -0.2) is 35.6 Å². The quantitative estimate of drug-likeness (QED) is 0.511. The molecule has 0 saturated carbocycles. The van der Waals surface area contributed by atoms with Crippen molar-refractivity contribution in [3.63, 3.8) is 0 Å². The maximum Gasteiger partial charge on any atom is 0.326 e. The smallest absolute Gasteiger partial charge is 0.326 e. The molecule has 0 saturated heterocycles. The Morgan fingerprint density at radius 1 is 1.35 bits per heavy atom. The second kappa shape index (κ2) is 6.07. The number of carbonyl (C=O) groups excluding carboxylic acids is 2. The van der Waals surface area contributed by atoms with E-state index in [-0.39, 0.29) is 13.0 Å². The number of nitrogens with one attached hydrogen (secondary N) is 2. The van der Waals surface area contributed by atoms with Crippen LogP contribution in [0.2, 0.25) is 0 Å². The lowest BCUT2D eigenvalue weighted by atomic mass is 9.93. The van der Waals surface area contributed by atoms with Gasteiger partial charge in [0.25, 0.3) is 0 Å². The Bertz CT molecular complexity index is 315. The fourth-order valence-electron chi connectivity index (χ4n) is 0.936. The number of carbonyl (C=O) groups is 3. The molecule has 7 heteroatoms. The first-order valence-electron chi connectivity index (χ1n) is 5.27. The lowest BCUT2D eigenvalue weighted by Crippen LogP contribution is -2.49. The highest BCUT2D eigenvalue weighted by Crippen LogP contribution is 2.11. The maximum absolute atomic E-state index is 11.3. The second-order valence-electron chi connectivity index (χ2n) is 4.37. The highest BCUT2D eigenvalue weighted by Gasteiger charge is 2.26. The third kappa shape index (κ3) is 5.19. The van der Waals surface area contributed by atoms with Crippen LogP contribution in [-0.2, 0) is 9.59 Å². The second-order valence-corrected chi connectivity index (χ2v) is 4.37. The molecular weight excluding hydrogens is 226 g/mol. The van der Waals surface area contributed by atoms with E-state index in [1.807, 2.05) is 0 Å². The fraction of sp³-hybridized carbons (Fsp3) is 0.700. The van der Waals surface area contributed by atoms with Gasteiger partial charge in [0, 0.05) is 6.54 Å². The van der Waals surface area contributed by atoms with Crippen molar-refractivity contribution in [3.05, 3.63) is 0 Å². The molecule has 0 aromatic carbocycles. The number of amides is 3. The van der Waals surface area contributed by atoms with Gasteiger partial charge in [0.1, 0.15) is 6.04 Å². The average molecular weight is 245 g/mol. The van der Waals surface area contributed by atoms with E-state index in [2.05, 4.69) is 10.6 Å². The largest absolute Gasteiger partial charge is 0.480 e. The van der Waals surface area contributed by atoms with Gasteiger partial charge in [-0.3, -0.25) is 4.79 Å². The Labute approximate surface area is 99.7 Å². The maximum atomic E-state index is 11.3. The van der Waals surface area contributed by atoms with Crippen LogP contribution >= 0.6 is 0 Å². The summed E-state index contributed by atoms with van der Waals surface area (Å²) in [6, 6.07) is -1.57. The molecule has 0 unspecified atom stereocenters. The van der Waals surface area contributed by atoms with E-state index >= 15 is 0 Å². The lowest BCUT2D eigenvalue weighted by Gasteiger charge is -2.21. The Kier molecular flexibility index (Phi) is 5.43. The highest BCUT2D eigenvalue weighted by molar-refractivity contribution is 5.84. The standard InChI is InChI=1S/C10H19N3O4/c1-4-6(7(14)15)13-9(17)12-5-10(2,3)8(11)16/h6H,4-5H2,1-3H3,(H2,11,16)(H,14,15)(H2,12,13,17)/t6-/m1/s1. The van der Waals surface area contributed by atoms with E-state index in [9.17, 15) is 14.4 Å². The number of carboxylic acids is 1. The van der Waals surface area contributed by atoms with Crippen LogP contribution in [0.4, 0.5) is 4.79 Å². The van der Waals surface area contributed by atoms with Gasteiger partial charge in [-0.2, -0.15) is 0 Å². The molecule has 17 heavy (non-hydrogen) atoms. The van der Waals surface area contributed by atoms with E-state index in [1.165, 1.54) is 0 Å². The molecule has 5 N–H and O–H groups in total. The summed E-state index contributed by atoms with van der Waals surface area (Å²) in [7, 11) is 0. The predicted molar refractivity (Wildman–Crippen MR) is 61.2 cm³/mol. The first-order chi connectivity index (χ1) is 7.70. The molecule has 98 valence electrons. The van der Waals surface area contributed by atoms with Crippen molar-refractivity contribution in [1.82, 2.24) is 10.6 Å². The molecule has 0 fully saturated rings. The van der Waals surface area contributed by atoms with Crippen molar-refractivity contribution in [3.8, 4) is 0 Å². The van der Waals surface area contributed by atoms with Crippen LogP contribution in [0, 0.1) is 5.41 Å². The van der Waals surface area contributed by atoms with E-state index in [1.54, 1.807) is 20.8 Å². The van der Waals surface area contributed by atoms with Crippen molar-refractivity contribution in [2.45, 2.75) is 33.2 Å². The van der Waals surface area contributed by atoms with Gasteiger partial charge in [-0.25, -0.2) is 9.59 Å². The summed E-state index contributed by atoms with van der Waals surface area (Å²) in [4.78, 5) is 33.0. The van der Waals surface area contributed by atoms with Crippen molar-refractivity contribution in [2.24, 2.45) is 11.1 Å². The summed E-state index contributed by atoms with van der Waals surface area (Å²) in [6.45, 7) is 4.87. The molecule has 0 radical (unpaired) electrons. The number of aliphatic carboxylic acids is 1. The summed E-state index contributed by atoms with van der Waals surface area (Å²) in [5.41, 5.74) is 4.25. The normalized spacial score (nSPS) is 12.6. The zero-order valence-electron chi connectivity index (χ0n) is 10.2. The van der Waals surface area contributed by atoms with Gasteiger partial charge >= 0.3 is 12.0 Å². The Balaban J connectivity index is 4.20. The minimum atomic E-state index is -1.10. The summed E-state index contributed by atoms with van der Waals surface area (Å²) in [5, 5.41) is 13.4. The topological polar surface area (TPSA) is 122 Å². The van der Waals surface area contributed by atoms with E-state index < -0.39 is 29.4 Å². The Morgan fingerprint density at radius 2 is 1.88 bits per heavy atom. The summed E-state index contributed by atoms with van der Waals surface area (Å²) in [6.07, 6.45) is 0.280. The zero-order chi connectivity index (χ0) is 13.6. The first kappa shape index (κ1) is 15.2. The summed E-state index contributed by atoms with van der Waals surface area (Å²) < 4.78 is 0. The molecule has 3 amide bonds.